The summed E-state index contributed by atoms with van der Waals surface area (Å²) < 4.78 is 0. The van der Waals surface area contributed by atoms with Crippen molar-refractivity contribution in [3.63, 3.8) is 0 Å². The zero-order chi connectivity index (χ0) is 17.1. The normalized spacial score (nSPS) is 25.7. The van der Waals surface area contributed by atoms with E-state index in [-0.39, 0.29) is 0 Å². The molecule has 0 aromatic carbocycles. The third kappa shape index (κ3) is 7.88. The van der Waals surface area contributed by atoms with E-state index in [1.165, 1.54) is 77.3 Å². The van der Waals surface area contributed by atoms with Crippen molar-refractivity contribution in [2.75, 3.05) is 13.1 Å². The van der Waals surface area contributed by atoms with Gasteiger partial charge in [-0.1, -0.05) is 59.0 Å². The van der Waals surface area contributed by atoms with Gasteiger partial charge in [-0.25, -0.2) is 0 Å². The van der Waals surface area contributed by atoms with E-state index < -0.39 is 0 Å². The fraction of sp³-hybridized carbons (Fsp3) is 0.909. The molecule has 0 unspecified atom stereocenters. The maximum absolute atomic E-state index is 3.75. The number of nitrogens with one attached hydrogen (secondary N) is 1. The summed E-state index contributed by atoms with van der Waals surface area (Å²) in [7, 11) is 0. The van der Waals surface area contributed by atoms with Gasteiger partial charge in [0, 0.05) is 0 Å². The predicted octanol–water partition coefficient (Wildman–Crippen LogP) is 6.59. The maximum atomic E-state index is 3.75. The summed E-state index contributed by atoms with van der Waals surface area (Å²) in [5.41, 5.74) is 0.570. The molecule has 0 aliphatic heterocycles. The summed E-state index contributed by atoms with van der Waals surface area (Å²) in [5, 5.41) is 3.75. The number of hydrogen-bond donors (Lipinski definition) is 1. The Morgan fingerprint density at radius 1 is 1.00 bits per heavy atom. The van der Waals surface area contributed by atoms with Crippen LogP contribution in [0.5, 0.6) is 0 Å². The molecule has 136 valence electrons. The second kappa shape index (κ2) is 11.3. The van der Waals surface area contributed by atoms with Crippen molar-refractivity contribution in [1.29, 1.82) is 0 Å². The first kappa shape index (κ1) is 20.7. The van der Waals surface area contributed by atoms with Gasteiger partial charge in [0.25, 0.3) is 0 Å². The lowest BCUT2D eigenvalue weighted by atomic mass is 9.67. The Kier molecular flexibility index (Phi) is 10.2. The molecule has 0 aromatic rings. The molecular weight excluding hydrogens is 278 g/mol. The minimum Gasteiger partial charge on any atom is -0.316 e. The van der Waals surface area contributed by atoms with E-state index in [1.807, 2.05) is 6.92 Å². The van der Waals surface area contributed by atoms with E-state index >= 15 is 0 Å². The minimum absolute atomic E-state index is 0.570. The molecule has 0 radical (unpaired) electrons. The molecule has 2 rings (SSSR count). The van der Waals surface area contributed by atoms with E-state index in [0.29, 0.717) is 5.41 Å². The molecular formula is C22H43N. The van der Waals surface area contributed by atoms with E-state index in [1.54, 1.807) is 6.08 Å². The van der Waals surface area contributed by atoms with Gasteiger partial charge in [0.2, 0.25) is 0 Å². The zero-order valence-electron chi connectivity index (χ0n) is 16.5. The van der Waals surface area contributed by atoms with Crippen LogP contribution in [0.15, 0.2) is 12.7 Å². The average molecular weight is 322 g/mol. The Labute approximate surface area is 146 Å². The second-order valence-corrected chi connectivity index (χ2v) is 8.61. The molecule has 1 nitrogen and oxygen atoms in total. The summed E-state index contributed by atoms with van der Waals surface area (Å²) in [6.07, 6.45) is 16.3. The summed E-state index contributed by atoms with van der Waals surface area (Å²) in [5.74, 6) is 2.98. The topological polar surface area (TPSA) is 12.0 Å². The molecule has 0 saturated heterocycles. The summed E-state index contributed by atoms with van der Waals surface area (Å²) in [4.78, 5) is 0. The van der Waals surface area contributed by atoms with Crippen molar-refractivity contribution >= 4 is 0 Å². The van der Waals surface area contributed by atoms with Gasteiger partial charge in [-0.2, -0.15) is 0 Å². The largest absolute Gasteiger partial charge is 0.316 e. The Balaban J connectivity index is 0.000000816. The molecule has 2 saturated carbocycles. The first-order valence-corrected chi connectivity index (χ1v) is 10.3. The van der Waals surface area contributed by atoms with Gasteiger partial charge in [0.15, 0.2) is 0 Å². The zero-order valence-corrected chi connectivity index (χ0v) is 16.5. The van der Waals surface area contributed by atoms with Gasteiger partial charge in [-0.15, -0.1) is 6.58 Å². The van der Waals surface area contributed by atoms with Gasteiger partial charge < -0.3 is 5.32 Å². The van der Waals surface area contributed by atoms with Gasteiger partial charge in [-0.3, -0.25) is 0 Å². The molecule has 2 fully saturated rings. The Hall–Kier alpha value is -0.300. The molecule has 1 N–H and O–H groups in total. The average Bonchev–Trinajstić information content (AvgIpc) is 3.06. The quantitative estimate of drug-likeness (QED) is 0.412. The first-order valence-electron chi connectivity index (χ1n) is 10.3. The molecule has 0 bridgehead atoms. The van der Waals surface area contributed by atoms with Crippen LogP contribution in [0.1, 0.15) is 91.9 Å². The fourth-order valence-corrected chi connectivity index (χ4v) is 4.35. The van der Waals surface area contributed by atoms with Crippen LogP contribution in [0.25, 0.3) is 0 Å². The third-order valence-corrected chi connectivity index (χ3v) is 6.50. The van der Waals surface area contributed by atoms with Crippen LogP contribution < -0.4 is 5.32 Å². The lowest BCUT2D eigenvalue weighted by Crippen LogP contribution is -2.32. The highest BCUT2D eigenvalue weighted by Gasteiger charge is 2.31. The monoisotopic (exact) mass is 321 g/mol. The van der Waals surface area contributed by atoms with E-state index in [0.717, 1.165) is 17.8 Å². The predicted molar refractivity (Wildman–Crippen MR) is 105 cm³/mol. The Bertz CT molecular complexity index is 293. The van der Waals surface area contributed by atoms with Gasteiger partial charge in [0.05, 0.1) is 0 Å². The van der Waals surface area contributed by atoms with E-state index in [2.05, 4.69) is 32.7 Å². The second-order valence-electron chi connectivity index (χ2n) is 8.61. The van der Waals surface area contributed by atoms with Crippen LogP contribution in [-0.4, -0.2) is 13.1 Å². The minimum atomic E-state index is 0.570. The summed E-state index contributed by atoms with van der Waals surface area (Å²) in [6.45, 7) is 15.1. The van der Waals surface area contributed by atoms with Crippen molar-refractivity contribution in [1.82, 2.24) is 5.32 Å². The highest BCUT2D eigenvalue weighted by atomic mass is 14.9. The van der Waals surface area contributed by atoms with Crippen LogP contribution in [0.4, 0.5) is 0 Å². The number of rotatable bonds is 7. The molecule has 0 amide bonds. The lowest BCUT2D eigenvalue weighted by molar-refractivity contribution is 0.127. The molecule has 1 heteroatoms. The van der Waals surface area contributed by atoms with Crippen LogP contribution >= 0.6 is 0 Å². The van der Waals surface area contributed by atoms with Crippen molar-refractivity contribution in [3.8, 4) is 0 Å². The Morgan fingerprint density at radius 2 is 1.57 bits per heavy atom. The van der Waals surface area contributed by atoms with Gasteiger partial charge in [-0.05, 0) is 75.3 Å². The molecule has 2 aliphatic rings. The maximum Gasteiger partial charge on any atom is -0.00205 e. The van der Waals surface area contributed by atoms with Crippen molar-refractivity contribution in [3.05, 3.63) is 12.7 Å². The smallest absolute Gasteiger partial charge is 0.00205 e. The molecule has 0 spiro atoms. The SMILES string of the molecule is C=CC.CCC(C)(C)C1CCC(CNCCC2CCCC2)CC1. The molecule has 0 heterocycles. The van der Waals surface area contributed by atoms with Gasteiger partial charge in [0.1, 0.15) is 0 Å². The molecule has 23 heavy (non-hydrogen) atoms. The van der Waals surface area contributed by atoms with E-state index in [4.69, 9.17) is 0 Å². The summed E-state index contributed by atoms with van der Waals surface area (Å²) in [6, 6.07) is 0. The van der Waals surface area contributed by atoms with Crippen molar-refractivity contribution in [2.45, 2.75) is 91.9 Å². The molecule has 0 aromatic heterocycles. The standard InChI is InChI=1S/C19H37N.C3H6/c1-4-19(2,3)18-11-9-17(10-12-18)15-20-14-13-16-7-5-6-8-16;1-3-2/h16-18,20H,4-15H2,1-3H3;3H,1H2,2H3. The van der Waals surface area contributed by atoms with Crippen LogP contribution in [0.3, 0.4) is 0 Å². The highest BCUT2D eigenvalue weighted by Crippen LogP contribution is 2.41. The van der Waals surface area contributed by atoms with E-state index in [9.17, 15) is 0 Å². The molecule has 2 aliphatic carbocycles. The Morgan fingerprint density at radius 3 is 2.09 bits per heavy atom. The third-order valence-electron chi connectivity index (χ3n) is 6.50. The van der Waals surface area contributed by atoms with Crippen LogP contribution in [-0.2, 0) is 0 Å². The number of allylic oxidation sites excluding steroid dienone is 1. The number of hydrogen-bond acceptors (Lipinski definition) is 1. The summed E-state index contributed by atoms with van der Waals surface area (Å²) >= 11 is 0. The molecule has 0 atom stereocenters. The lowest BCUT2D eigenvalue weighted by Gasteiger charge is -2.39. The fourth-order valence-electron chi connectivity index (χ4n) is 4.35. The van der Waals surface area contributed by atoms with Crippen LogP contribution in [0, 0.1) is 23.2 Å². The highest BCUT2D eigenvalue weighted by molar-refractivity contribution is 4.83. The van der Waals surface area contributed by atoms with Gasteiger partial charge >= 0.3 is 0 Å². The van der Waals surface area contributed by atoms with Crippen LogP contribution in [0.2, 0.25) is 0 Å². The first-order chi connectivity index (χ1) is 11.0. The van der Waals surface area contributed by atoms with Crippen molar-refractivity contribution < 1.29 is 0 Å². The van der Waals surface area contributed by atoms with Crippen molar-refractivity contribution in [2.24, 2.45) is 23.2 Å².